The predicted molar refractivity (Wildman–Crippen MR) is 62.2 cm³/mol. The molecule has 0 heterocycles. The Bertz CT molecular complexity index is 216. The summed E-state index contributed by atoms with van der Waals surface area (Å²) in [5, 5.41) is 0. The Labute approximate surface area is 87.6 Å². The Hall–Kier alpha value is -1.02. The second kappa shape index (κ2) is 7.39. The van der Waals surface area contributed by atoms with Crippen molar-refractivity contribution in [1.82, 2.24) is 4.90 Å². The lowest BCUT2D eigenvalue weighted by Gasteiger charge is -2.19. The third-order valence-corrected chi connectivity index (χ3v) is 1.57. The lowest BCUT2D eigenvalue weighted by Crippen LogP contribution is -2.25. The van der Waals surface area contributed by atoms with E-state index in [1.165, 1.54) is 0 Å². The topological polar surface area (TPSA) is 12.5 Å². The highest BCUT2D eigenvalue weighted by molar-refractivity contribution is 5.16. The van der Waals surface area contributed by atoms with E-state index in [-0.39, 0.29) is 6.10 Å². The fourth-order valence-electron chi connectivity index (χ4n) is 1.20. The molecule has 0 aliphatic carbocycles. The first-order valence-electron chi connectivity index (χ1n) is 4.87. The summed E-state index contributed by atoms with van der Waals surface area (Å²) < 4.78 is 5.70. The van der Waals surface area contributed by atoms with Crippen LogP contribution in [0.3, 0.4) is 0 Å². The molecule has 0 aromatic rings. The zero-order chi connectivity index (χ0) is 11.0. The summed E-state index contributed by atoms with van der Waals surface area (Å²) >= 11 is 0. The van der Waals surface area contributed by atoms with Crippen LogP contribution in [-0.4, -0.2) is 31.6 Å². The second-order valence-corrected chi connectivity index (χ2v) is 3.50. The van der Waals surface area contributed by atoms with E-state index in [9.17, 15) is 0 Å². The summed E-state index contributed by atoms with van der Waals surface area (Å²) in [5.74, 6) is 0.858. The van der Waals surface area contributed by atoms with E-state index in [1.807, 2.05) is 39.2 Å². The van der Waals surface area contributed by atoms with E-state index in [1.54, 1.807) is 6.08 Å². The molecule has 0 N–H and O–H groups in total. The fourth-order valence-corrected chi connectivity index (χ4v) is 1.20. The van der Waals surface area contributed by atoms with Gasteiger partial charge >= 0.3 is 0 Å². The van der Waals surface area contributed by atoms with E-state index in [4.69, 9.17) is 4.74 Å². The van der Waals surface area contributed by atoms with Gasteiger partial charge in [0, 0.05) is 6.54 Å². The normalized spacial score (nSPS) is 14.8. The van der Waals surface area contributed by atoms with Crippen LogP contribution in [0, 0.1) is 0 Å². The second-order valence-electron chi connectivity index (χ2n) is 3.50. The van der Waals surface area contributed by atoms with Crippen molar-refractivity contribution in [3.8, 4) is 0 Å². The van der Waals surface area contributed by atoms with Crippen molar-refractivity contribution in [2.45, 2.75) is 20.0 Å². The molecule has 0 amide bonds. The lowest BCUT2D eigenvalue weighted by atomic mass is 10.3. The molecular formula is C12H21NO. The van der Waals surface area contributed by atoms with Gasteiger partial charge in [-0.25, -0.2) is 0 Å². The van der Waals surface area contributed by atoms with Crippen LogP contribution in [0.2, 0.25) is 0 Å². The maximum absolute atomic E-state index is 5.70. The molecule has 0 aromatic carbocycles. The zero-order valence-electron chi connectivity index (χ0n) is 9.66. The smallest absolute Gasteiger partial charge is 0.119 e. The summed E-state index contributed by atoms with van der Waals surface area (Å²) in [6.07, 6.45) is 7.68. The molecule has 0 saturated carbocycles. The Kier molecular flexibility index (Phi) is 6.85. The molecule has 0 aliphatic heterocycles. The van der Waals surface area contributed by atoms with E-state index in [2.05, 4.69) is 18.4 Å². The van der Waals surface area contributed by atoms with Crippen LogP contribution in [0.5, 0.6) is 0 Å². The SMILES string of the molecule is C=C/C=C(\C=C/C)OC(C)CN(C)C. The van der Waals surface area contributed by atoms with Gasteiger partial charge in [-0.2, -0.15) is 0 Å². The first kappa shape index (κ1) is 13.0. The molecule has 2 nitrogen and oxygen atoms in total. The Morgan fingerprint density at radius 2 is 2.14 bits per heavy atom. The van der Waals surface area contributed by atoms with Gasteiger partial charge in [-0.1, -0.05) is 18.7 Å². The monoisotopic (exact) mass is 195 g/mol. The molecule has 0 aliphatic rings. The quantitative estimate of drug-likeness (QED) is 0.477. The number of likely N-dealkylation sites (N-methyl/N-ethyl adjacent to an activating group) is 1. The summed E-state index contributed by atoms with van der Waals surface area (Å²) in [5.41, 5.74) is 0. The molecular weight excluding hydrogens is 174 g/mol. The van der Waals surface area contributed by atoms with Gasteiger partial charge in [0.05, 0.1) is 0 Å². The van der Waals surface area contributed by atoms with Crippen LogP contribution >= 0.6 is 0 Å². The van der Waals surface area contributed by atoms with Gasteiger partial charge in [-0.3, -0.25) is 0 Å². The largest absolute Gasteiger partial charge is 0.489 e. The first-order valence-corrected chi connectivity index (χ1v) is 4.87. The summed E-state index contributed by atoms with van der Waals surface area (Å²) in [6.45, 7) is 8.58. The van der Waals surface area contributed by atoms with Crippen LogP contribution in [-0.2, 0) is 4.74 Å². The van der Waals surface area contributed by atoms with Gasteiger partial charge in [-0.05, 0) is 40.1 Å². The van der Waals surface area contributed by atoms with Crippen molar-refractivity contribution in [2.24, 2.45) is 0 Å². The van der Waals surface area contributed by atoms with Crippen molar-refractivity contribution in [3.63, 3.8) is 0 Å². The van der Waals surface area contributed by atoms with E-state index < -0.39 is 0 Å². The van der Waals surface area contributed by atoms with Gasteiger partial charge in [0.15, 0.2) is 0 Å². The molecule has 0 radical (unpaired) electrons. The molecule has 0 saturated heterocycles. The highest BCUT2D eigenvalue weighted by Crippen LogP contribution is 2.05. The molecule has 2 heteroatoms. The molecule has 0 fully saturated rings. The third-order valence-electron chi connectivity index (χ3n) is 1.57. The molecule has 0 aromatic heterocycles. The molecule has 14 heavy (non-hydrogen) atoms. The van der Waals surface area contributed by atoms with Gasteiger partial charge in [0.1, 0.15) is 11.9 Å². The number of rotatable bonds is 6. The fraction of sp³-hybridized carbons (Fsp3) is 0.500. The highest BCUT2D eigenvalue weighted by atomic mass is 16.5. The summed E-state index contributed by atoms with van der Waals surface area (Å²) in [7, 11) is 4.07. The van der Waals surface area contributed by atoms with Crippen molar-refractivity contribution < 1.29 is 4.74 Å². The minimum Gasteiger partial charge on any atom is -0.489 e. The number of hydrogen-bond acceptors (Lipinski definition) is 2. The Morgan fingerprint density at radius 1 is 1.50 bits per heavy atom. The standard InChI is InChI=1S/C12H21NO/c1-6-8-12(9-7-2)14-11(3)10-13(4)5/h6-9,11H,1,10H2,2-5H3/b9-7-,12-8+. The zero-order valence-corrected chi connectivity index (χ0v) is 9.66. The minimum atomic E-state index is 0.187. The van der Waals surface area contributed by atoms with Gasteiger partial charge < -0.3 is 9.64 Å². The van der Waals surface area contributed by atoms with E-state index in [0.717, 1.165) is 12.3 Å². The summed E-state index contributed by atoms with van der Waals surface area (Å²) in [4.78, 5) is 2.10. The Morgan fingerprint density at radius 3 is 2.57 bits per heavy atom. The maximum atomic E-state index is 5.70. The minimum absolute atomic E-state index is 0.187. The van der Waals surface area contributed by atoms with Crippen molar-refractivity contribution in [1.29, 1.82) is 0 Å². The number of allylic oxidation sites excluding steroid dienone is 4. The van der Waals surface area contributed by atoms with Crippen LogP contribution in [0.1, 0.15) is 13.8 Å². The molecule has 1 atom stereocenters. The van der Waals surface area contributed by atoms with Crippen molar-refractivity contribution in [2.75, 3.05) is 20.6 Å². The van der Waals surface area contributed by atoms with E-state index >= 15 is 0 Å². The van der Waals surface area contributed by atoms with Crippen molar-refractivity contribution >= 4 is 0 Å². The maximum Gasteiger partial charge on any atom is 0.119 e. The first-order chi connectivity index (χ1) is 6.60. The van der Waals surface area contributed by atoms with E-state index in [0.29, 0.717) is 0 Å². The molecule has 0 spiro atoms. The average Bonchev–Trinajstić information content (AvgIpc) is 2.03. The summed E-state index contributed by atoms with van der Waals surface area (Å²) in [6, 6.07) is 0. The van der Waals surface area contributed by atoms with Crippen molar-refractivity contribution in [3.05, 3.63) is 36.6 Å². The van der Waals surface area contributed by atoms with Crippen LogP contribution < -0.4 is 0 Å². The van der Waals surface area contributed by atoms with Crippen LogP contribution in [0.15, 0.2) is 36.6 Å². The van der Waals surface area contributed by atoms with Gasteiger partial charge in [-0.15, -0.1) is 0 Å². The molecule has 0 bridgehead atoms. The molecule has 0 rings (SSSR count). The lowest BCUT2D eigenvalue weighted by molar-refractivity contribution is 0.112. The number of hydrogen-bond donors (Lipinski definition) is 0. The van der Waals surface area contributed by atoms with Crippen LogP contribution in [0.4, 0.5) is 0 Å². The molecule has 80 valence electrons. The third kappa shape index (κ3) is 6.49. The number of ether oxygens (including phenoxy) is 1. The predicted octanol–water partition coefficient (Wildman–Crippen LogP) is 2.60. The Balaban J connectivity index is 4.16. The van der Waals surface area contributed by atoms with Gasteiger partial charge in [0.2, 0.25) is 0 Å². The average molecular weight is 195 g/mol. The van der Waals surface area contributed by atoms with Gasteiger partial charge in [0.25, 0.3) is 0 Å². The highest BCUT2D eigenvalue weighted by Gasteiger charge is 2.04. The number of nitrogens with zero attached hydrogens (tertiary/aromatic N) is 1. The van der Waals surface area contributed by atoms with Crippen LogP contribution in [0.25, 0.3) is 0 Å². The molecule has 1 unspecified atom stereocenters.